The van der Waals surface area contributed by atoms with Crippen LogP contribution in [-0.4, -0.2) is 20.7 Å². The number of carbonyl (C=O) groups is 1. The van der Waals surface area contributed by atoms with Crippen molar-refractivity contribution >= 4 is 17.5 Å². The number of primary amides is 1. The van der Waals surface area contributed by atoms with E-state index in [9.17, 15) is 4.79 Å². The van der Waals surface area contributed by atoms with Crippen LogP contribution < -0.4 is 5.73 Å². The van der Waals surface area contributed by atoms with Gasteiger partial charge in [0.05, 0.1) is 6.54 Å². The zero-order chi connectivity index (χ0) is 13.7. The van der Waals surface area contributed by atoms with Crippen molar-refractivity contribution in [3.05, 3.63) is 47.0 Å². The van der Waals surface area contributed by atoms with Crippen LogP contribution in [0, 0.1) is 0 Å². The summed E-state index contributed by atoms with van der Waals surface area (Å²) in [4.78, 5) is 14.9. The molecular weight excluding hydrogens is 264 g/mol. The minimum absolute atomic E-state index is 0.288. The molecule has 0 radical (unpaired) electrons. The Morgan fingerprint density at radius 3 is 2.74 bits per heavy atom. The number of benzene rings is 1. The molecule has 2 rings (SSSR count). The Morgan fingerprint density at radius 2 is 2.05 bits per heavy atom. The van der Waals surface area contributed by atoms with Gasteiger partial charge in [-0.05, 0) is 24.1 Å². The lowest BCUT2D eigenvalue weighted by Gasteiger charge is -2.06. The van der Waals surface area contributed by atoms with Crippen LogP contribution in [-0.2, 0) is 17.8 Å². The number of amides is 1. The van der Waals surface area contributed by atoms with Crippen molar-refractivity contribution in [2.24, 2.45) is 5.73 Å². The largest absolute Gasteiger partial charge is 0.370 e. The van der Waals surface area contributed by atoms with Gasteiger partial charge in [0.1, 0.15) is 12.2 Å². The molecular formula is C13H15ClN4O. The third kappa shape index (κ3) is 4.06. The average molecular weight is 279 g/mol. The lowest BCUT2D eigenvalue weighted by Crippen LogP contribution is -2.12. The van der Waals surface area contributed by atoms with Crippen molar-refractivity contribution in [2.45, 2.75) is 25.8 Å². The van der Waals surface area contributed by atoms with E-state index in [0.717, 1.165) is 11.4 Å². The molecule has 1 heterocycles. The van der Waals surface area contributed by atoms with Gasteiger partial charge in [-0.25, -0.2) is 9.67 Å². The summed E-state index contributed by atoms with van der Waals surface area (Å²) in [5, 5.41) is 4.90. The Kier molecular flexibility index (Phi) is 4.52. The predicted octanol–water partition coefficient (Wildman–Crippen LogP) is 1.79. The zero-order valence-corrected chi connectivity index (χ0v) is 11.2. The number of carbonyl (C=O) groups excluding carboxylic acids is 1. The molecule has 0 aliphatic carbocycles. The summed E-state index contributed by atoms with van der Waals surface area (Å²) in [5.74, 6) is 0.569. The summed E-state index contributed by atoms with van der Waals surface area (Å²) < 4.78 is 1.82. The van der Waals surface area contributed by atoms with E-state index in [1.54, 1.807) is 0 Å². The topological polar surface area (TPSA) is 73.8 Å². The molecule has 0 bridgehead atoms. The van der Waals surface area contributed by atoms with Crippen molar-refractivity contribution in [3.8, 4) is 0 Å². The third-order valence-electron chi connectivity index (χ3n) is 2.76. The maximum atomic E-state index is 10.7. The minimum atomic E-state index is -0.288. The van der Waals surface area contributed by atoms with Crippen LogP contribution in [0.15, 0.2) is 30.6 Å². The second-order valence-electron chi connectivity index (χ2n) is 4.28. The van der Waals surface area contributed by atoms with Crippen LogP contribution in [0.5, 0.6) is 0 Å². The Balaban J connectivity index is 1.99. The zero-order valence-electron chi connectivity index (χ0n) is 10.4. The number of nitrogens with two attached hydrogens (primary N) is 1. The number of nitrogens with zero attached hydrogens (tertiary/aromatic N) is 3. The van der Waals surface area contributed by atoms with Crippen LogP contribution in [0.1, 0.15) is 24.2 Å². The maximum Gasteiger partial charge on any atom is 0.217 e. The molecule has 0 saturated carbocycles. The van der Waals surface area contributed by atoms with Crippen molar-refractivity contribution in [3.63, 3.8) is 0 Å². The van der Waals surface area contributed by atoms with E-state index in [0.29, 0.717) is 30.8 Å². The molecule has 0 atom stereocenters. The van der Waals surface area contributed by atoms with E-state index >= 15 is 0 Å². The van der Waals surface area contributed by atoms with E-state index in [4.69, 9.17) is 17.3 Å². The molecule has 2 aromatic rings. The summed E-state index contributed by atoms with van der Waals surface area (Å²) in [6.45, 7) is 0.642. The number of rotatable bonds is 6. The SMILES string of the molecule is NC(=O)CCCc1ncnn1Cc1ccc(Cl)cc1. The predicted molar refractivity (Wildman–Crippen MR) is 72.7 cm³/mol. The highest BCUT2D eigenvalue weighted by atomic mass is 35.5. The molecule has 0 spiro atoms. The molecule has 0 aliphatic heterocycles. The van der Waals surface area contributed by atoms with E-state index in [2.05, 4.69) is 10.1 Å². The highest BCUT2D eigenvalue weighted by molar-refractivity contribution is 6.30. The van der Waals surface area contributed by atoms with Gasteiger partial charge in [-0.1, -0.05) is 23.7 Å². The van der Waals surface area contributed by atoms with Crippen molar-refractivity contribution in [2.75, 3.05) is 0 Å². The standard InChI is InChI=1S/C13H15ClN4O/c14-11-6-4-10(5-7-11)8-18-13(16-9-17-18)3-1-2-12(15)19/h4-7,9H,1-3,8H2,(H2,15,19). The second-order valence-corrected chi connectivity index (χ2v) is 4.72. The molecule has 1 aromatic carbocycles. The van der Waals surface area contributed by atoms with Crippen LogP contribution in [0.3, 0.4) is 0 Å². The molecule has 0 saturated heterocycles. The highest BCUT2D eigenvalue weighted by Crippen LogP contribution is 2.11. The fourth-order valence-corrected chi connectivity index (χ4v) is 1.92. The third-order valence-corrected chi connectivity index (χ3v) is 3.02. The number of hydrogen-bond donors (Lipinski definition) is 1. The quantitative estimate of drug-likeness (QED) is 0.875. The van der Waals surface area contributed by atoms with E-state index in [-0.39, 0.29) is 5.91 Å². The highest BCUT2D eigenvalue weighted by Gasteiger charge is 2.06. The molecule has 6 heteroatoms. The molecule has 19 heavy (non-hydrogen) atoms. The first kappa shape index (κ1) is 13.5. The van der Waals surface area contributed by atoms with E-state index < -0.39 is 0 Å². The van der Waals surface area contributed by atoms with Gasteiger partial charge >= 0.3 is 0 Å². The Hall–Kier alpha value is -1.88. The molecule has 1 aromatic heterocycles. The summed E-state index contributed by atoms with van der Waals surface area (Å²) in [7, 11) is 0. The minimum Gasteiger partial charge on any atom is -0.370 e. The fraction of sp³-hybridized carbons (Fsp3) is 0.308. The lowest BCUT2D eigenvalue weighted by atomic mass is 10.2. The normalized spacial score (nSPS) is 10.6. The van der Waals surface area contributed by atoms with Crippen LogP contribution >= 0.6 is 11.6 Å². The van der Waals surface area contributed by atoms with Crippen LogP contribution in [0.2, 0.25) is 5.02 Å². The fourth-order valence-electron chi connectivity index (χ4n) is 1.80. The summed E-state index contributed by atoms with van der Waals surface area (Å²) >= 11 is 5.84. The Labute approximate surface area is 116 Å². The molecule has 0 aliphatic rings. The molecule has 2 N–H and O–H groups in total. The summed E-state index contributed by atoms with van der Waals surface area (Å²) in [6.07, 6.45) is 3.27. The molecule has 5 nitrogen and oxygen atoms in total. The van der Waals surface area contributed by atoms with Gasteiger partial charge in [0.2, 0.25) is 5.91 Å². The van der Waals surface area contributed by atoms with Gasteiger partial charge in [0.15, 0.2) is 0 Å². The number of aromatic nitrogens is 3. The molecule has 0 unspecified atom stereocenters. The molecule has 100 valence electrons. The first-order valence-electron chi connectivity index (χ1n) is 6.04. The van der Waals surface area contributed by atoms with Crippen LogP contribution in [0.25, 0.3) is 0 Å². The smallest absolute Gasteiger partial charge is 0.217 e. The average Bonchev–Trinajstić information content (AvgIpc) is 2.79. The van der Waals surface area contributed by atoms with Gasteiger partial charge in [-0.3, -0.25) is 4.79 Å². The van der Waals surface area contributed by atoms with Crippen molar-refractivity contribution in [1.82, 2.24) is 14.8 Å². The summed E-state index contributed by atoms with van der Waals surface area (Å²) in [5.41, 5.74) is 6.22. The van der Waals surface area contributed by atoms with Gasteiger partial charge in [-0.15, -0.1) is 0 Å². The van der Waals surface area contributed by atoms with E-state index in [1.165, 1.54) is 6.33 Å². The van der Waals surface area contributed by atoms with Gasteiger partial charge in [0.25, 0.3) is 0 Å². The van der Waals surface area contributed by atoms with E-state index in [1.807, 2.05) is 28.9 Å². The maximum absolute atomic E-state index is 10.7. The first-order chi connectivity index (χ1) is 9.15. The lowest BCUT2D eigenvalue weighted by molar-refractivity contribution is -0.118. The van der Waals surface area contributed by atoms with Gasteiger partial charge in [0, 0.05) is 17.9 Å². The van der Waals surface area contributed by atoms with Crippen molar-refractivity contribution < 1.29 is 4.79 Å². The molecule has 1 amide bonds. The second kappa shape index (κ2) is 6.33. The van der Waals surface area contributed by atoms with Crippen molar-refractivity contribution in [1.29, 1.82) is 0 Å². The summed E-state index contributed by atoms with van der Waals surface area (Å²) in [6, 6.07) is 7.61. The monoisotopic (exact) mass is 278 g/mol. The molecule has 0 fully saturated rings. The Morgan fingerprint density at radius 1 is 1.32 bits per heavy atom. The number of aryl methyl sites for hydroxylation is 1. The van der Waals surface area contributed by atoms with Crippen LogP contribution in [0.4, 0.5) is 0 Å². The van der Waals surface area contributed by atoms with Gasteiger partial charge < -0.3 is 5.73 Å². The first-order valence-corrected chi connectivity index (χ1v) is 6.42. The number of hydrogen-bond acceptors (Lipinski definition) is 3. The van der Waals surface area contributed by atoms with Gasteiger partial charge in [-0.2, -0.15) is 5.10 Å². The number of halogens is 1. The Bertz CT molecular complexity index is 550.